The van der Waals surface area contributed by atoms with Gasteiger partial charge in [-0.05, 0) is 64.7 Å². The molecule has 0 aliphatic carbocycles. The molecule has 3 amide bonds. The van der Waals surface area contributed by atoms with Crippen molar-refractivity contribution < 1.29 is 28.7 Å². The SMILES string of the molecule is CC[C@](C)(NC(=O)OC(C)(C)C)C(=O)NC(Cc1ccccn1)C(=O)N1CCC[C@@H]1C(=O)OCc1ccccc1. The summed E-state index contributed by atoms with van der Waals surface area (Å²) in [6, 6.07) is 12.9. The van der Waals surface area contributed by atoms with Gasteiger partial charge in [0, 0.05) is 24.9 Å². The van der Waals surface area contributed by atoms with E-state index in [0.29, 0.717) is 25.1 Å². The number of benzene rings is 1. The summed E-state index contributed by atoms with van der Waals surface area (Å²) in [6.45, 7) is 9.00. The molecule has 0 spiro atoms. The molecule has 216 valence electrons. The quantitative estimate of drug-likeness (QED) is 0.432. The molecule has 1 aliphatic rings. The molecule has 2 heterocycles. The van der Waals surface area contributed by atoms with Crippen LogP contribution in [0.4, 0.5) is 4.79 Å². The van der Waals surface area contributed by atoms with Crippen molar-refractivity contribution in [3.63, 3.8) is 0 Å². The van der Waals surface area contributed by atoms with Crippen LogP contribution >= 0.6 is 0 Å². The average molecular weight is 553 g/mol. The van der Waals surface area contributed by atoms with E-state index in [0.717, 1.165) is 5.56 Å². The Hall–Kier alpha value is -3.95. The maximum absolute atomic E-state index is 13.9. The van der Waals surface area contributed by atoms with Crippen molar-refractivity contribution in [1.29, 1.82) is 0 Å². The summed E-state index contributed by atoms with van der Waals surface area (Å²) < 4.78 is 10.9. The number of carbonyl (C=O) groups excluding carboxylic acids is 4. The number of nitrogens with zero attached hydrogens (tertiary/aromatic N) is 2. The Bertz CT molecular complexity index is 1170. The highest BCUT2D eigenvalue weighted by atomic mass is 16.6. The molecule has 0 bridgehead atoms. The lowest BCUT2D eigenvalue weighted by molar-refractivity contribution is -0.155. The minimum atomic E-state index is -1.34. The number of rotatable bonds is 10. The van der Waals surface area contributed by atoms with Gasteiger partial charge in [-0.15, -0.1) is 0 Å². The van der Waals surface area contributed by atoms with Crippen molar-refractivity contribution in [3.05, 3.63) is 66.0 Å². The normalized spacial score (nSPS) is 17.3. The van der Waals surface area contributed by atoms with Crippen LogP contribution in [0.1, 0.15) is 65.1 Å². The number of esters is 1. The van der Waals surface area contributed by atoms with Gasteiger partial charge in [0.1, 0.15) is 29.8 Å². The predicted octanol–water partition coefficient (Wildman–Crippen LogP) is 3.54. The summed E-state index contributed by atoms with van der Waals surface area (Å²) in [5, 5.41) is 5.48. The van der Waals surface area contributed by atoms with Gasteiger partial charge >= 0.3 is 12.1 Å². The van der Waals surface area contributed by atoms with E-state index in [1.165, 1.54) is 4.90 Å². The van der Waals surface area contributed by atoms with E-state index in [4.69, 9.17) is 9.47 Å². The zero-order valence-corrected chi connectivity index (χ0v) is 23.9. The van der Waals surface area contributed by atoms with Gasteiger partial charge in [0.05, 0.1) is 0 Å². The monoisotopic (exact) mass is 552 g/mol. The van der Waals surface area contributed by atoms with Crippen LogP contribution in [0.3, 0.4) is 0 Å². The number of hydrogen-bond donors (Lipinski definition) is 2. The Morgan fingerprint density at radius 2 is 1.75 bits per heavy atom. The molecule has 1 saturated heterocycles. The van der Waals surface area contributed by atoms with Crippen LogP contribution < -0.4 is 10.6 Å². The fourth-order valence-electron chi connectivity index (χ4n) is 4.38. The number of likely N-dealkylation sites (tertiary alicyclic amines) is 1. The fraction of sp³-hybridized carbons (Fsp3) is 0.500. The van der Waals surface area contributed by atoms with Gasteiger partial charge in [0.2, 0.25) is 11.8 Å². The molecular formula is C30H40N4O6. The molecular weight excluding hydrogens is 512 g/mol. The number of nitrogens with one attached hydrogen (secondary N) is 2. The summed E-state index contributed by atoms with van der Waals surface area (Å²) in [6.07, 6.45) is 2.34. The summed E-state index contributed by atoms with van der Waals surface area (Å²) in [5.41, 5.74) is -0.637. The van der Waals surface area contributed by atoms with Crippen LogP contribution in [0.5, 0.6) is 0 Å². The first-order chi connectivity index (χ1) is 18.9. The van der Waals surface area contributed by atoms with Crippen LogP contribution in [-0.2, 0) is 36.9 Å². The lowest BCUT2D eigenvalue weighted by Crippen LogP contribution is -2.61. The minimum Gasteiger partial charge on any atom is -0.459 e. The molecule has 3 atom stereocenters. The number of hydrogen-bond acceptors (Lipinski definition) is 7. The van der Waals surface area contributed by atoms with Crippen molar-refractivity contribution in [3.8, 4) is 0 Å². The number of ether oxygens (including phenoxy) is 2. The average Bonchev–Trinajstić information content (AvgIpc) is 3.41. The predicted molar refractivity (Wildman–Crippen MR) is 149 cm³/mol. The first kappa shape index (κ1) is 30.6. The Morgan fingerprint density at radius 1 is 1.05 bits per heavy atom. The third kappa shape index (κ3) is 8.53. The third-order valence-electron chi connectivity index (χ3n) is 6.76. The van der Waals surface area contributed by atoms with Crippen molar-refractivity contribution in [2.45, 2.75) is 90.1 Å². The topological polar surface area (TPSA) is 127 Å². The molecule has 1 fully saturated rings. The second kappa shape index (κ2) is 13.4. The van der Waals surface area contributed by atoms with Crippen LogP contribution in [0.15, 0.2) is 54.7 Å². The molecule has 40 heavy (non-hydrogen) atoms. The molecule has 2 aromatic rings. The summed E-state index contributed by atoms with van der Waals surface area (Å²) in [4.78, 5) is 58.7. The molecule has 0 radical (unpaired) electrons. The summed E-state index contributed by atoms with van der Waals surface area (Å²) in [7, 11) is 0. The maximum atomic E-state index is 13.9. The van der Waals surface area contributed by atoms with E-state index in [9.17, 15) is 19.2 Å². The van der Waals surface area contributed by atoms with Crippen molar-refractivity contribution in [2.24, 2.45) is 0 Å². The van der Waals surface area contributed by atoms with Crippen molar-refractivity contribution in [1.82, 2.24) is 20.5 Å². The molecule has 0 saturated carbocycles. The zero-order valence-electron chi connectivity index (χ0n) is 23.9. The zero-order chi connectivity index (χ0) is 29.3. The molecule has 1 unspecified atom stereocenters. The van der Waals surface area contributed by atoms with Crippen LogP contribution in [0.2, 0.25) is 0 Å². The van der Waals surface area contributed by atoms with Crippen LogP contribution in [0.25, 0.3) is 0 Å². The lowest BCUT2D eigenvalue weighted by atomic mass is 9.96. The second-order valence-corrected chi connectivity index (χ2v) is 11.1. The molecule has 1 aliphatic heterocycles. The van der Waals surface area contributed by atoms with E-state index in [2.05, 4.69) is 15.6 Å². The summed E-state index contributed by atoms with van der Waals surface area (Å²) >= 11 is 0. The molecule has 3 rings (SSSR count). The minimum absolute atomic E-state index is 0.109. The lowest BCUT2D eigenvalue weighted by Gasteiger charge is -2.33. The first-order valence-electron chi connectivity index (χ1n) is 13.6. The van der Waals surface area contributed by atoms with Crippen molar-refractivity contribution >= 4 is 23.9 Å². The largest absolute Gasteiger partial charge is 0.459 e. The molecule has 10 nitrogen and oxygen atoms in total. The first-order valence-corrected chi connectivity index (χ1v) is 13.6. The van der Waals surface area contributed by atoms with Crippen LogP contribution in [-0.4, -0.2) is 63.5 Å². The van der Waals surface area contributed by atoms with E-state index >= 15 is 0 Å². The van der Waals surface area contributed by atoms with Gasteiger partial charge in [-0.3, -0.25) is 14.6 Å². The van der Waals surface area contributed by atoms with Gasteiger partial charge in [-0.25, -0.2) is 9.59 Å². The highest BCUT2D eigenvalue weighted by Crippen LogP contribution is 2.22. The number of amides is 3. The second-order valence-electron chi connectivity index (χ2n) is 11.1. The fourth-order valence-corrected chi connectivity index (χ4v) is 4.38. The van der Waals surface area contributed by atoms with Gasteiger partial charge in [-0.2, -0.15) is 0 Å². The van der Waals surface area contributed by atoms with E-state index in [1.807, 2.05) is 30.3 Å². The van der Waals surface area contributed by atoms with Crippen molar-refractivity contribution in [2.75, 3.05) is 6.54 Å². The van der Waals surface area contributed by atoms with Gasteiger partial charge in [0.25, 0.3) is 0 Å². The Morgan fingerprint density at radius 3 is 2.38 bits per heavy atom. The standard InChI is InChI=1S/C30H40N4O6/c1-6-30(5,33-28(38)40-29(2,3)4)27(37)32-23(19-22-15-10-11-17-31-22)25(35)34-18-12-16-24(34)26(36)39-20-21-13-8-7-9-14-21/h7-11,13-15,17,23-24H,6,12,16,18-20H2,1-5H3,(H,32,37)(H,33,38)/t23?,24-,30+/m1/s1. The Balaban J connectivity index is 1.77. The highest BCUT2D eigenvalue weighted by molar-refractivity contribution is 5.95. The van der Waals surface area contributed by atoms with Gasteiger partial charge in [0.15, 0.2) is 0 Å². The van der Waals surface area contributed by atoms with E-state index in [-0.39, 0.29) is 19.4 Å². The maximum Gasteiger partial charge on any atom is 0.408 e. The number of carbonyl (C=O) groups is 4. The van der Waals surface area contributed by atoms with Gasteiger partial charge < -0.3 is 25.0 Å². The number of aromatic nitrogens is 1. The number of pyridine rings is 1. The van der Waals surface area contributed by atoms with E-state index < -0.39 is 47.1 Å². The Labute approximate surface area is 235 Å². The smallest absolute Gasteiger partial charge is 0.408 e. The number of alkyl carbamates (subject to hydrolysis) is 1. The van der Waals surface area contributed by atoms with Crippen LogP contribution in [0, 0.1) is 0 Å². The van der Waals surface area contributed by atoms with Gasteiger partial charge in [-0.1, -0.05) is 43.3 Å². The molecule has 10 heteroatoms. The van der Waals surface area contributed by atoms with E-state index in [1.54, 1.807) is 59.0 Å². The highest BCUT2D eigenvalue weighted by Gasteiger charge is 2.41. The third-order valence-corrected chi connectivity index (χ3v) is 6.76. The Kier molecular flexibility index (Phi) is 10.3. The molecule has 2 N–H and O–H groups in total. The molecule has 1 aromatic carbocycles. The summed E-state index contributed by atoms with van der Waals surface area (Å²) in [5.74, 6) is -1.44. The molecule has 1 aromatic heterocycles.